The first-order valence-electron chi connectivity index (χ1n) is 5.74. The van der Waals surface area contributed by atoms with Gasteiger partial charge in [0.25, 0.3) is 5.91 Å². The van der Waals surface area contributed by atoms with Crippen LogP contribution >= 0.6 is 0 Å². The van der Waals surface area contributed by atoms with Gasteiger partial charge in [0.2, 0.25) is 0 Å². The van der Waals surface area contributed by atoms with E-state index in [4.69, 9.17) is 4.42 Å². The molecular weight excluding hydrogens is 233 g/mol. The van der Waals surface area contributed by atoms with E-state index in [-0.39, 0.29) is 11.7 Å². The highest BCUT2D eigenvalue weighted by Crippen LogP contribution is 2.09. The molecule has 0 aliphatic rings. The molecule has 0 saturated heterocycles. The van der Waals surface area contributed by atoms with Gasteiger partial charge in [-0.05, 0) is 31.0 Å². The highest BCUT2D eigenvalue weighted by molar-refractivity contribution is 5.94. The fourth-order valence-corrected chi connectivity index (χ4v) is 1.73. The zero-order chi connectivity index (χ0) is 13.0. The lowest BCUT2D eigenvalue weighted by atomic mass is 10.1. The van der Waals surface area contributed by atoms with Crippen molar-refractivity contribution >= 4 is 5.91 Å². The number of amides is 1. The number of nitrogens with one attached hydrogen (secondary N) is 1. The molecule has 1 aromatic carbocycles. The lowest BCUT2D eigenvalue weighted by molar-refractivity contribution is 0.0952. The fourth-order valence-electron chi connectivity index (χ4n) is 1.73. The summed E-state index contributed by atoms with van der Waals surface area (Å²) < 4.78 is 18.4. The van der Waals surface area contributed by atoms with E-state index in [1.807, 2.05) is 0 Å². The van der Waals surface area contributed by atoms with Gasteiger partial charge in [0.15, 0.2) is 0 Å². The Hall–Kier alpha value is -2.10. The third kappa shape index (κ3) is 2.77. The number of hydrogen-bond donors (Lipinski definition) is 1. The van der Waals surface area contributed by atoms with Crippen LogP contribution in [0.2, 0.25) is 0 Å². The predicted octanol–water partition coefficient (Wildman–Crippen LogP) is 2.70. The topological polar surface area (TPSA) is 42.2 Å². The zero-order valence-corrected chi connectivity index (χ0v) is 10.1. The minimum Gasteiger partial charge on any atom is -0.469 e. The van der Waals surface area contributed by atoms with Gasteiger partial charge in [0, 0.05) is 6.54 Å². The highest BCUT2D eigenvalue weighted by Gasteiger charge is 2.10. The van der Waals surface area contributed by atoms with Crippen molar-refractivity contribution in [2.45, 2.75) is 13.3 Å². The summed E-state index contributed by atoms with van der Waals surface area (Å²) >= 11 is 0. The number of furan rings is 1. The maximum atomic E-state index is 13.3. The molecule has 0 bridgehead atoms. The molecule has 1 heterocycles. The molecule has 0 saturated carbocycles. The predicted molar refractivity (Wildman–Crippen MR) is 65.9 cm³/mol. The van der Waals surface area contributed by atoms with Crippen molar-refractivity contribution in [3.05, 3.63) is 59.3 Å². The minimum atomic E-state index is -0.244. The molecule has 0 radical (unpaired) electrons. The van der Waals surface area contributed by atoms with Gasteiger partial charge in [0.05, 0.1) is 11.8 Å². The second kappa shape index (κ2) is 5.49. The summed E-state index contributed by atoms with van der Waals surface area (Å²) in [6.45, 7) is 2.12. The van der Waals surface area contributed by atoms with Gasteiger partial charge in [-0.2, -0.15) is 0 Å². The average molecular weight is 247 g/mol. The Morgan fingerprint density at radius 3 is 2.78 bits per heavy atom. The van der Waals surface area contributed by atoms with Crippen LogP contribution in [-0.4, -0.2) is 12.5 Å². The van der Waals surface area contributed by atoms with Gasteiger partial charge in [-0.15, -0.1) is 0 Å². The third-order valence-corrected chi connectivity index (χ3v) is 2.74. The van der Waals surface area contributed by atoms with Crippen LogP contribution in [0.5, 0.6) is 0 Å². The van der Waals surface area contributed by atoms with Crippen molar-refractivity contribution < 1.29 is 13.6 Å². The molecule has 1 aromatic heterocycles. The number of halogens is 1. The van der Waals surface area contributed by atoms with Gasteiger partial charge in [-0.25, -0.2) is 4.39 Å². The fraction of sp³-hybridized carbons (Fsp3) is 0.214. The number of rotatable bonds is 4. The standard InChI is InChI=1S/C14H14FNO2/c1-10-12(7-9-18-10)14(17)16-8-6-11-4-2-3-5-13(11)15/h2-5,7,9H,6,8H2,1H3,(H,16,17). The summed E-state index contributed by atoms with van der Waals surface area (Å²) in [6, 6.07) is 8.17. The molecule has 3 nitrogen and oxygen atoms in total. The van der Waals surface area contributed by atoms with Crippen LogP contribution in [0.25, 0.3) is 0 Å². The summed E-state index contributed by atoms with van der Waals surface area (Å²) in [6.07, 6.45) is 1.94. The van der Waals surface area contributed by atoms with Crippen LogP contribution in [0.3, 0.4) is 0 Å². The van der Waals surface area contributed by atoms with Crippen molar-refractivity contribution in [1.29, 1.82) is 0 Å². The van der Waals surface area contributed by atoms with Gasteiger partial charge < -0.3 is 9.73 Å². The van der Waals surface area contributed by atoms with Crippen LogP contribution in [0.15, 0.2) is 41.0 Å². The van der Waals surface area contributed by atoms with Gasteiger partial charge in [0.1, 0.15) is 11.6 Å². The van der Waals surface area contributed by atoms with E-state index in [1.165, 1.54) is 12.3 Å². The molecule has 0 aliphatic heterocycles. The van der Waals surface area contributed by atoms with E-state index in [0.29, 0.717) is 29.9 Å². The van der Waals surface area contributed by atoms with Crippen molar-refractivity contribution in [2.75, 3.05) is 6.54 Å². The molecule has 0 spiro atoms. The smallest absolute Gasteiger partial charge is 0.254 e. The molecule has 94 valence electrons. The van der Waals surface area contributed by atoms with E-state index >= 15 is 0 Å². The van der Waals surface area contributed by atoms with Crippen LogP contribution in [0.4, 0.5) is 4.39 Å². The summed E-state index contributed by atoms with van der Waals surface area (Å²) in [4.78, 5) is 11.7. The van der Waals surface area contributed by atoms with E-state index in [0.717, 1.165) is 0 Å². The van der Waals surface area contributed by atoms with Crippen molar-refractivity contribution in [2.24, 2.45) is 0 Å². The maximum Gasteiger partial charge on any atom is 0.254 e. The molecule has 0 aliphatic carbocycles. The Balaban J connectivity index is 1.88. The van der Waals surface area contributed by atoms with Crippen molar-refractivity contribution in [3.8, 4) is 0 Å². The Kier molecular flexibility index (Phi) is 3.77. The molecule has 0 fully saturated rings. The number of benzene rings is 1. The summed E-state index contributed by atoms with van der Waals surface area (Å²) in [7, 11) is 0. The number of hydrogen-bond acceptors (Lipinski definition) is 2. The Bertz CT molecular complexity index is 548. The second-order valence-corrected chi connectivity index (χ2v) is 3.99. The first-order chi connectivity index (χ1) is 8.68. The molecule has 0 unspecified atom stereocenters. The first kappa shape index (κ1) is 12.4. The second-order valence-electron chi connectivity index (χ2n) is 3.99. The number of aryl methyl sites for hydroxylation is 1. The van der Waals surface area contributed by atoms with Crippen LogP contribution in [-0.2, 0) is 6.42 Å². The first-order valence-corrected chi connectivity index (χ1v) is 5.74. The molecule has 2 rings (SSSR count). The van der Waals surface area contributed by atoms with Gasteiger partial charge in [-0.3, -0.25) is 4.79 Å². The lowest BCUT2D eigenvalue weighted by Gasteiger charge is -2.05. The van der Waals surface area contributed by atoms with E-state index in [2.05, 4.69) is 5.32 Å². The average Bonchev–Trinajstić information content (AvgIpc) is 2.78. The van der Waals surface area contributed by atoms with E-state index in [1.54, 1.807) is 31.2 Å². The number of carbonyl (C=O) groups is 1. The Morgan fingerprint density at radius 1 is 1.33 bits per heavy atom. The third-order valence-electron chi connectivity index (χ3n) is 2.74. The van der Waals surface area contributed by atoms with Crippen LogP contribution < -0.4 is 5.32 Å². The highest BCUT2D eigenvalue weighted by atomic mass is 19.1. The molecule has 1 N–H and O–H groups in total. The summed E-state index contributed by atoms with van der Waals surface area (Å²) in [5, 5.41) is 2.74. The minimum absolute atomic E-state index is 0.197. The summed E-state index contributed by atoms with van der Waals surface area (Å²) in [5.74, 6) is 0.141. The van der Waals surface area contributed by atoms with E-state index < -0.39 is 0 Å². The molecule has 2 aromatic rings. The summed E-state index contributed by atoms with van der Waals surface area (Å²) in [5.41, 5.74) is 1.12. The quantitative estimate of drug-likeness (QED) is 0.902. The largest absolute Gasteiger partial charge is 0.469 e. The zero-order valence-electron chi connectivity index (χ0n) is 10.1. The Labute approximate surface area is 105 Å². The maximum absolute atomic E-state index is 13.3. The lowest BCUT2D eigenvalue weighted by Crippen LogP contribution is -2.26. The van der Waals surface area contributed by atoms with Crippen LogP contribution in [0.1, 0.15) is 21.7 Å². The molecule has 18 heavy (non-hydrogen) atoms. The SMILES string of the molecule is Cc1occc1C(=O)NCCc1ccccc1F. The normalized spacial score (nSPS) is 10.3. The monoisotopic (exact) mass is 247 g/mol. The van der Waals surface area contributed by atoms with Crippen molar-refractivity contribution in [3.63, 3.8) is 0 Å². The molecule has 4 heteroatoms. The Morgan fingerprint density at radius 2 is 2.11 bits per heavy atom. The van der Waals surface area contributed by atoms with E-state index in [9.17, 15) is 9.18 Å². The van der Waals surface area contributed by atoms with Gasteiger partial charge >= 0.3 is 0 Å². The number of carbonyl (C=O) groups excluding carboxylic acids is 1. The van der Waals surface area contributed by atoms with Gasteiger partial charge in [-0.1, -0.05) is 18.2 Å². The van der Waals surface area contributed by atoms with Crippen LogP contribution in [0, 0.1) is 12.7 Å². The molecule has 0 atom stereocenters. The molecular formula is C14H14FNO2. The molecule has 1 amide bonds. The van der Waals surface area contributed by atoms with Crippen molar-refractivity contribution in [1.82, 2.24) is 5.32 Å².